The smallest absolute Gasteiger partial charge is 0.230 e. The van der Waals surface area contributed by atoms with Crippen LogP contribution >= 0.6 is 11.8 Å². The average molecular weight is 368 g/mol. The van der Waals surface area contributed by atoms with Crippen molar-refractivity contribution in [3.8, 4) is 0 Å². The Balaban J connectivity index is 1.51. The molecular weight excluding hydrogens is 342 g/mol. The zero-order valence-corrected chi connectivity index (χ0v) is 16.1. The number of fused-ring (bicyclic) bond motifs is 1. The fraction of sp³-hybridized carbons (Fsp3) is 0.333. The largest absolute Gasteiger partial charge is 0.353 e. The molecule has 5 heteroatoms. The van der Waals surface area contributed by atoms with E-state index in [4.69, 9.17) is 0 Å². The number of aromatic nitrogens is 2. The lowest BCUT2D eigenvalue weighted by molar-refractivity contribution is -0.119. The Morgan fingerprint density at radius 2 is 1.88 bits per heavy atom. The molecule has 136 valence electrons. The summed E-state index contributed by atoms with van der Waals surface area (Å²) in [5.74, 6) is 0.448. The first-order valence-corrected chi connectivity index (χ1v) is 10.1. The van der Waals surface area contributed by atoms with Gasteiger partial charge in [-0.15, -0.1) is 0 Å². The monoisotopic (exact) mass is 367 g/mol. The molecule has 0 saturated carbocycles. The lowest BCUT2D eigenvalue weighted by Gasteiger charge is -2.14. The maximum absolute atomic E-state index is 12.3. The molecule has 1 aromatic heterocycles. The van der Waals surface area contributed by atoms with Crippen molar-refractivity contribution in [1.82, 2.24) is 14.9 Å². The van der Waals surface area contributed by atoms with Crippen LogP contribution in [0.2, 0.25) is 0 Å². The van der Waals surface area contributed by atoms with Gasteiger partial charge in [0.15, 0.2) is 5.16 Å². The highest BCUT2D eigenvalue weighted by molar-refractivity contribution is 7.99. The minimum absolute atomic E-state index is 0.0604. The number of para-hydroxylation sites is 2. The first-order valence-electron chi connectivity index (χ1n) is 9.08. The Bertz CT molecular complexity index is 860. The van der Waals surface area contributed by atoms with E-state index < -0.39 is 0 Å². The van der Waals surface area contributed by atoms with Gasteiger partial charge in [0.05, 0.1) is 16.8 Å². The van der Waals surface area contributed by atoms with Crippen LogP contribution in [0.25, 0.3) is 11.0 Å². The van der Waals surface area contributed by atoms with Crippen LogP contribution < -0.4 is 5.32 Å². The minimum Gasteiger partial charge on any atom is -0.353 e. The summed E-state index contributed by atoms with van der Waals surface area (Å²) in [7, 11) is 0. The minimum atomic E-state index is 0.0604. The standard InChI is InChI=1S/C21H25N3OS/c1-3-24-19-12-8-7-11-18(19)23-21(24)26-15-20(25)22-16(2)13-14-17-9-5-4-6-10-17/h4-12,16H,3,13-15H2,1-2H3,(H,22,25)/t16-/m1/s1. The van der Waals surface area contributed by atoms with E-state index in [1.54, 1.807) is 0 Å². The molecule has 1 N–H and O–H groups in total. The predicted octanol–water partition coefficient (Wildman–Crippen LogP) is 4.29. The van der Waals surface area contributed by atoms with E-state index in [2.05, 4.69) is 59.0 Å². The zero-order valence-electron chi connectivity index (χ0n) is 15.3. The van der Waals surface area contributed by atoms with Gasteiger partial charge in [-0.2, -0.15) is 0 Å². The van der Waals surface area contributed by atoms with Crippen molar-refractivity contribution in [2.24, 2.45) is 0 Å². The quantitative estimate of drug-likeness (QED) is 0.604. The number of benzene rings is 2. The van der Waals surface area contributed by atoms with Crippen molar-refractivity contribution in [3.05, 3.63) is 60.2 Å². The summed E-state index contributed by atoms with van der Waals surface area (Å²) >= 11 is 1.50. The van der Waals surface area contributed by atoms with Gasteiger partial charge in [-0.05, 0) is 44.4 Å². The Morgan fingerprint density at radius 3 is 2.65 bits per heavy atom. The molecular formula is C21H25N3OS. The van der Waals surface area contributed by atoms with E-state index >= 15 is 0 Å². The Morgan fingerprint density at radius 1 is 1.15 bits per heavy atom. The van der Waals surface area contributed by atoms with E-state index in [1.807, 2.05) is 24.3 Å². The number of nitrogens with zero attached hydrogens (tertiary/aromatic N) is 2. The van der Waals surface area contributed by atoms with Crippen LogP contribution in [0.5, 0.6) is 0 Å². The van der Waals surface area contributed by atoms with Gasteiger partial charge in [-0.25, -0.2) is 4.98 Å². The Kier molecular flexibility index (Phi) is 6.34. The molecule has 1 amide bonds. The van der Waals surface area contributed by atoms with Crippen LogP contribution in [0.3, 0.4) is 0 Å². The van der Waals surface area contributed by atoms with Crippen LogP contribution in [0, 0.1) is 0 Å². The van der Waals surface area contributed by atoms with Crippen molar-refractivity contribution in [3.63, 3.8) is 0 Å². The number of rotatable bonds is 8. The molecule has 0 saturated heterocycles. The third-order valence-corrected chi connectivity index (χ3v) is 5.36. The second-order valence-electron chi connectivity index (χ2n) is 6.41. The second-order valence-corrected chi connectivity index (χ2v) is 7.35. The number of amides is 1. The van der Waals surface area contributed by atoms with Crippen molar-refractivity contribution in [2.75, 3.05) is 5.75 Å². The predicted molar refractivity (Wildman–Crippen MR) is 108 cm³/mol. The van der Waals surface area contributed by atoms with Gasteiger partial charge in [0.25, 0.3) is 0 Å². The molecule has 3 rings (SSSR count). The van der Waals surface area contributed by atoms with Gasteiger partial charge in [0.1, 0.15) is 0 Å². The highest BCUT2D eigenvalue weighted by atomic mass is 32.2. The average Bonchev–Trinajstić information content (AvgIpc) is 3.03. The van der Waals surface area contributed by atoms with E-state index in [1.165, 1.54) is 17.3 Å². The second kappa shape index (κ2) is 8.90. The SMILES string of the molecule is CCn1c(SCC(=O)N[C@H](C)CCc2ccccc2)nc2ccccc21. The summed E-state index contributed by atoms with van der Waals surface area (Å²) in [4.78, 5) is 16.9. The van der Waals surface area contributed by atoms with Gasteiger partial charge < -0.3 is 9.88 Å². The molecule has 4 nitrogen and oxygen atoms in total. The summed E-state index contributed by atoms with van der Waals surface area (Å²) in [6.45, 7) is 5.01. The molecule has 3 aromatic rings. The Hall–Kier alpha value is -2.27. The van der Waals surface area contributed by atoms with Gasteiger partial charge in [-0.3, -0.25) is 4.79 Å². The van der Waals surface area contributed by atoms with E-state index in [0.717, 1.165) is 35.6 Å². The summed E-state index contributed by atoms with van der Waals surface area (Å²) in [5, 5.41) is 4.00. The summed E-state index contributed by atoms with van der Waals surface area (Å²) in [5.41, 5.74) is 3.40. The molecule has 0 unspecified atom stereocenters. The fourth-order valence-corrected chi connectivity index (χ4v) is 3.91. The lowest BCUT2D eigenvalue weighted by Crippen LogP contribution is -2.34. The summed E-state index contributed by atoms with van der Waals surface area (Å²) in [6, 6.07) is 18.6. The van der Waals surface area contributed by atoms with Gasteiger partial charge in [0, 0.05) is 12.6 Å². The maximum atomic E-state index is 12.3. The van der Waals surface area contributed by atoms with Crippen LogP contribution in [-0.4, -0.2) is 27.3 Å². The molecule has 0 aliphatic rings. The van der Waals surface area contributed by atoms with E-state index in [9.17, 15) is 4.79 Å². The number of nitrogens with one attached hydrogen (secondary N) is 1. The van der Waals surface area contributed by atoms with Gasteiger partial charge in [0.2, 0.25) is 5.91 Å². The molecule has 2 aromatic carbocycles. The van der Waals surface area contributed by atoms with E-state index in [-0.39, 0.29) is 11.9 Å². The van der Waals surface area contributed by atoms with Crippen molar-refractivity contribution >= 4 is 28.7 Å². The first kappa shape index (κ1) is 18.5. The molecule has 0 spiro atoms. The molecule has 0 bridgehead atoms. The van der Waals surface area contributed by atoms with Gasteiger partial charge >= 0.3 is 0 Å². The molecule has 26 heavy (non-hydrogen) atoms. The molecule has 0 radical (unpaired) electrons. The third-order valence-electron chi connectivity index (χ3n) is 4.38. The van der Waals surface area contributed by atoms with E-state index in [0.29, 0.717) is 5.75 Å². The molecule has 1 atom stereocenters. The number of imidazole rings is 1. The number of thioether (sulfide) groups is 1. The number of carbonyl (C=O) groups excluding carboxylic acids is 1. The van der Waals surface area contributed by atoms with Crippen molar-refractivity contribution < 1.29 is 4.79 Å². The van der Waals surface area contributed by atoms with Crippen LogP contribution in [-0.2, 0) is 17.8 Å². The first-order chi connectivity index (χ1) is 12.7. The normalized spacial score (nSPS) is 12.2. The van der Waals surface area contributed by atoms with Gasteiger partial charge in [-0.1, -0.05) is 54.2 Å². The number of carbonyl (C=O) groups is 1. The lowest BCUT2D eigenvalue weighted by atomic mass is 10.1. The number of hydrogen-bond acceptors (Lipinski definition) is 3. The fourth-order valence-electron chi connectivity index (χ4n) is 3.02. The third kappa shape index (κ3) is 4.67. The summed E-state index contributed by atoms with van der Waals surface area (Å²) < 4.78 is 2.16. The van der Waals surface area contributed by atoms with Crippen LogP contribution in [0.1, 0.15) is 25.8 Å². The van der Waals surface area contributed by atoms with Crippen LogP contribution in [0.4, 0.5) is 0 Å². The highest BCUT2D eigenvalue weighted by Gasteiger charge is 2.13. The number of hydrogen-bond donors (Lipinski definition) is 1. The summed E-state index contributed by atoms with van der Waals surface area (Å²) in [6.07, 6.45) is 1.91. The van der Waals surface area contributed by atoms with Crippen molar-refractivity contribution in [1.29, 1.82) is 0 Å². The molecule has 0 aliphatic carbocycles. The topological polar surface area (TPSA) is 46.9 Å². The van der Waals surface area contributed by atoms with Crippen molar-refractivity contribution in [2.45, 2.75) is 44.4 Å². The molecule has 1 heterocycles. The molecule has 0 aliphatic heterocycles. The maximum Gasteiger partial charge on any atom is 0.230 e. The zero-order chi connectivity index (χ0) is 18.4. The van der Waals surface area contributed by atoms with Crippen LogP contribution in [0.15, 0.2) is 59.8 Å². The molecule has 0 fully saturated rings. The highest BCUT2D eigenvalue weighted by Crippen LogP contribution is 2.23. The number of aryl methyl sites for hydroxylation is 2. The Labute approximate surface area is 159 Å².